The number of amides is 2. The summed E-state index contributed by atoms with van der Waals surface area (Å²) in [5.41, 5.74) is 4.77. The average Bonchev–Trinajstić information content (AvgIpc) is 2.59. The first-order valence-corrected chi connectivity index (χ1v) is 8.24. The summed E-state index contributed by atoms with van der Waals surface area (Å²) in [6.45, 7) is 2.28. The Morgan fingerprint density at radius 3 is 2.48 bits per heavy atom. The minimum absolute atomic E-state index is 0.0758. The van der Waals surface area contributed by atoms with Crippen molar-refractivity contribution < 1.29 is 36.6 Å². The first-order valence-electron chi connectivity index (χ1n) is 7.86. The number of rotatable bonds is 5. The monoisotopic (exact) mass is 435 g/mol. The van der Waals surface area contributed by atoms with E-state index >= 15 is 0 Å². The number of nitrogens with one attached hydrogen (secondary N) is 1. The normalized spacial score (nSPS) is 12.2. The molecule has 0 bridgehead atoms. The number of hydrogen-bond donors (Lipinski definition) is 2. The van der Waals surface area contributed by atoms with Gasteiger partial charge in [0.2, 0.25) is 0 Å². The van der Waals surface area contributed by atoms with Crippen LogP contribution in [0.5, 0.6) is 11.5 Å². The number of aryl methyl sites for hydroxylation is 1. The van der Waals surface area contributed by atoms with Crippen molar-refractivity contribution in [2.75, 3.05) is 5.32 Å². The Bertz CT molecular complexity index is 933. The molecule has 12 heteroatoms. The van der Waals surface area contributed by atoms with Crippen molar-refractivity contribution in [3.05, 3.63) is 46.5 Å². The molecule has 156 valence electrons. The number of carbonyl (C=O) groups excluding carboxylic acids is 2. The smallest absolute Gasteiger partial charge is 0.425 e. The number of anilines is 1. The van der Waals surface area contributed by atoms with Gasteiger partial charge in [-0.05, 0) is 31.5 Å². The Morgan fingerprint density at radius 1 is 1.28 bits per heavy atom. The van der Waals surface area contributed by atoms with E-state index < -0.39 is 47.2 Å². The molecule has 1 atom stereocenters. The lowest BCUT2D eigenvalue weighted by atomic mass is 10.1. The molecule has 2 amide bonds. The lowest BCUT2D eigenvalue weighted by Crippen LogP contribution is -2.32. The van der Waals surface area contributed by atoms with Crippen LogP contribution in [0.1, 0.15) is 22.8 Å². The second-order valence-electron chi connectivity index (χ2n) is 5.75. The molecule has 7 nitrogen and oxygen atoms in total. The van der Waals surface area contributed by atoms with Gasteiger partial charge in [-0.15, -0.1) is 0 Å². The van der Waals surface area contributed by atoms with Crippen LogP contribution in [0, 0.1) is 12.7 Å². The highest BCUT2D eigenvalue weighted by Crippen LogP contribution is 2.33. The van der Waals surface area contributed by atoms with Crippen molar-refractivity contribution in [2.24, 2.45) is 5.73 Å². The fourth-order valence-electron chi connectivity index (χ4n) is 2.11. The molecule has 1 aromatic carbocycles. The summed E-state index contributed by atoms with van der Waals surface area (Å²) in [5, 5.41) is 2.26. The molecule has 0 spiro atoms. The summed E-state index contributed by atoms with van der Waals surface area (Å²) in [6.07, 6.45) is -7.17. The van der Waals surface area contributed by atoms with E-state index in [1.54, 1.807) is 6.92 Å². The maximum Gasteiger partial charge on any atom is 0.425 e. The summed E-state index contributed by atoms with van der Waals surface area (Å²) >= 11 is 5.91. The van der Waals surface area contributed by atoms with Crippen LogP contribution in [-0.4, -0.2) is 29.3 Å². The molecule has 0 aliphatic heterocycles. The van der Waals surface area contributed by atoms with E-state index in [0.717, 1.165) is 0 Å². The Morgan fingerprint density at radius 2 is 1.93 bits per heavy atom. The number of alkyl halides is 3. The van der Waals surface area contributed by atoms with Crippen molar-refractivity contribution >= 4 is 29.3 Å². The third kappa shape index (κ3) is 5.47. The molecule has 0 saturated carbocycles. The molecule has 0 fully saturated rings. The summed E-state index contributed by atoms with van der Waals surface area (Å²) in [4.78, 5) is 27.2. The molecule has 1 heterocycles. The third-order valence-electron chi connectivity index (χ3n) is 3.61. The van der Waals surface area contributed by atoms with Crippen LogP contribution in [0.3, 0.4) is 0 Å². The molecule has 0 aliphatic rings. The number of carbonyl (C=O) groups is 2. The number of ether oxygens (including phenoxy) is 2. The standard InChI is InChI=1S/C17H14ClF4N3O4/c1-7-3-4-24-14(18)13(7)25-15(26)9-5-10(19)12(29-16(23)27)6-11(9)28-8(2)17(20,21)22/h3-6,8H,1-2H3,(H2,23,27)(H,25,26)/t8-/m0/s1. The molecule has 2 aromatic rings. The second-order valence-corrected chi connectivity index (χ2v) is 6.11. The maximum atomic E-state index is 14.2. The largest absolute Gasteiger partial charge is 0.480 e. The van der Waals surface area contributed by atoms with E-state index in [0.29, 0.717) is 24.6 Å². The molecule has 1 aromatic heterocycles. The van der Waals surface area contributed by atoms with Gasteiger partial charge in [-0.2, -0.15) is 13.2 Å². The highest BCUT2D eigenvalue weighted by atomic mass is 35.5. The van der Waals surface area contributed by atoms with Gasteiger partial charge >= 0.3 is 12.3 Å². The summed E-state index contributed by atoms with van der Waals surface area (Å²) < 4.78 is 62.0. The van der Waals surface area contributed by atoms with Crippen LogP contribution in [-0.2, 0) is 0 Å². The molecule has 0 unspecified atom stereocenters. The van der Waals surface area contributed by atoms with Gasteiger partial charge in [0.1, 0.15) is 5.75 Å². The van der Waals surface area contributed by atoms with Crippen molar-refractivity contribution in [3.8, 4) is 11.5 Å². The van der Waals surface area contributed by atoms with E-state index in [9.17, 15) is 27.2 Å². The van der Waals surface area contributed by atoms with Crippen molar-refractivity contribution in [1.82, 2.24) is 4.98 Å². The molecule has 0 radical (unpaired) electrons. The second kappa shape index (κ2) is 8.52. The molecule has 0 saturated heterocycles. The van der Waals surface area contributed by atoms with E-state index in [1.807, 2.05) is 0 Å². The molecular weight excluding hydrogens is 422 g/mol. The summed E-state index contributed by atoms with van der Waals surface area (Å²) in [5.74, 6) is -3.76. The predicted molar refractivity (Wildman–Crippen MR) is 94.7 cm³/mol. The average molecular weight is 436 g/mol. The van der Waals surface area contributed by atoms with E-state index in [4.69, 9.17) is 22.1 Å². The first kappa shape index (κ1) is 22.2. The number of nitrogens with two attached hydrogens (primary N) is 1. The number of aromatic nitrogens is 1. The SMILES string of the molecule is Cc1ccnc(Cl)c1NC(=O)c1cc(F)c(OC(N)=O)cc1O[C@@H](C)C(F)(F)F. The Balaban J connectivity index is 2.49. The van der Waals surface area contributed by atoms with E-state index in [2.05, 4.69) is 15.0 Å². The van der Waals surface area contributed by atoms with Gasteiger partial charge in [0.15, 0.2) is 22.8 Å². The van der Waals surface area contributed by atoms with Gasteiger partial charge in [0, 0.05) is 12.3 Å². The van der Waals surface area contributed by atoms with Crippen molar-refractivity contribution in [1.29, 1.82) is 0 Å². The quantitative estimate of drug-likeness (QED) is 0.540. The molecular formula is C17H14ClF4N3O4. The van der Waals surface area contributed by atoms with Crippen LogP contribution >= 0.6 is 11.6 Å². The number of primary amides is 1. The van der Waals surface area contributed by atoms with Gasteiger partial charge in [0.05, 0.1) is 11.3 Å². The van der Waals surface area contributed by atoms with Crippen LogP contribution in [0.15, 0.2) is 24.4 Å². The zero-order chi connectivity index (χ0) is 21.9. The van der Waals surface area contributed by atoms with Gasteiger partial charge in [-0.3, -0.25) is 4.79 Å². The van der Waals surface area contributed by atoms with Crippen LogP contribution in [0.2, 0.25) is 5.15 Å². The van der Waals surface area contributed by atoms with Crippen molar-refractivity contribution in [2.45, 2.75) is 26.1 Å². The van der Waals surface area contributed by atoms with E-state index in [-0.39, 0.29) is 10.8 Å². The number of nitrogens with zero attached hydrogens (tertiary/aromatic N) is 1. The third-order valence-corrected chi connectivity index (χ3v) is 3.89. The van der Waals surface area contributed by atoms with Gasteiger partial charge < -0.3 is 20.5 Å². The number of hydrogen-bond acceptors (Lipinski definition) is 5. The van der Waals surface area contributed by atoms with Crippen LogP contribution < -0.4 is 20.5 Å². The Labute approximate surface area is 166 Å². The van der Waals surface area contributed by atoms with Crippen molar-refractivity contribution in [3.63, 3.8) is 0 Å². The van der Waals surface area contributed by atoms with Gasteiger partial charge in [-0.1, -0.05) is 11.6 Å². The zero-order valence-corrected chi connectivity index (χ0v) is 15.7. The minimum atomic E-state index is -4.78. The fraction of sp³-hybridized carbons (Fsp3) is 0.235. The summed E-state index contributed by atoms with van der Waals surface area (Å²) in [6, 6.07) is 2.69. The fourth-order valence-corrected chi connectivity index (χ4v) is 2.36. The van der Waals surface area contributed by atoms with Crippen LogP contribution in [0.25, 0.3) is 0 Å². The predicted octanol–water partition coefficient (Wildman–Crippen LogP) is 4.22. The molecule has 3 N–H and O–H groups in total. The van der Waals surface area contributed by atoms with Gasteiger partial charge in [0.25, 0.3) is 5.91 Å². The van der Waals surface area contributed by atoms with Crippen LogP contribution in [0.4, 0.5) is 28.0 Å². The molecule has 2 rings (SSSR count). The first-order chi connectivity index (χ1) is 13.4. The lowest BCUT2D eigenvalue weighted by molar-refractivity contribution is -0.189. The summed E-state index contributed by atoms with van der Waals surface area (Å²) in [7, 11) is 0. The number of pyridine rings is 1. The highest BCUT2D eigenvalue weighted by Gasteiger charge is 2.39. The maximum absolute atomic E-state index is 14.2. The number of halogens is 5. The van der Waals surface area contributed by atoms with Gasteiger partial charge in [-0.25, -0.2) is 14.2 Å². The van der Waals surface area contributed by atoms with E-state index in [1.165, 1.54) is 12.3 Å². The lowest BCUT2D eigenvalue weighted by Gasteiger charge is -2.20. The number of benzene rings is 1. The molecule has 29 heavy (non-hydrogen) atoms. The highest BCUT2D eigenvalue weighted by molar-refractivity contribution is 6.33. The molecule has 0 aliphatic carbocycles. The minimum Gasteiger partial charge on any atom is -0.480 e. The Kier molecular flexibility index (Phi) is 6.52. The topological polar surface area (TPSA) is 104 Å². The Hall–Kier alpha value is -3.08. The zero-order valence-electron chi connectivity index (χ0n) is 14.9.